The predicted octanol–water partition coefficient (Wildman–Crippen LogP) is 1.73. The zero-order valence-corrected chi connectivity index (χ0v) is 13.0. The lowest BCUT2D eigenvalue weighted by Gasteiger charge is -2.28. The number of nitrogens with two attached hydrogens (primary N) is 1. The third-order valence-corrected chi connectivity index (χ3v) is 4.55. The molecule has 0 unspecified atom stereocenters. The molecule has 1 aliphatic rings. The number of benzene rings is 2. The Kier molecular flexibility index (Phi) is 4.47. The van der Waals surface area contributed by atoms with Gasteiger partial charge < -0.3 is 10.8 Å². The van der Waals surface area contributed by atoms with Crippen molar-refractivity contribution < 1.29 is 5.11 Å². The molecule has 22 heavy (non-hydrogen) atoms. The molecule has 116 valence electrons. The molecule has 5 heteroatoms. The van der Waals surface area contributed by atoms with Gasteiger partial charge in [0.25, 0.3) is 0 Å². The summed E-state index contributed by atoms with van der Waals surface area (Å²) >= 11 is 5.92. The Labute approximate surface area is 135 Å². The van der Waals surface area contributed by atoms with Crippen LogP contribution in [0.1, 0.15) is 22.6 Å². The van der Waals surface area contributed by atoms with Crippen LogP contribution in [0.15, 0.2) is 48.5 Å². The zero-order chi connectivity index (χ0) is 15.6. The lowest BCUT2D eigenvalue weighted by Crippen LogP contribution is -2.36. The van der Waals surface area contributed by atoms with E-state index < -0.39 is 5.60 Å². The first kappa shape index (κ1) is 15.5. The summed E-state index contributed by atoms with van der Waals surface area (Å²) in [5.74, 6) is 0.454. The summed E-state index contributed by atoms with van der Waals surface area (Å²) < 4.78 is 0. The predicted molar refractivity (Wildman–Crippen MR) is 88.7 cm³/mol. The Morgan fingerprint density at radius 1 is 1.00 bits per heavy atom. The van der Waals surface area contributed by atoms with Crippen LogP contribution in [0.2, 0.25) is 5.02 Å². The largest absolute Gasteiger partial charge is 0.379 e. The lowest BCUT2D eigenvalue weighted by atomic mass is 9.85. The van der Waals surface area contributed by atoms with Crippen molar-refractivity contribution in [1.82, 2.24) is 10.9 Å². The molecule has 0 radical (unpaired) electrons. The molecule has 0 saturated carbocycles. The van der Waals surface area contributed by atoms with Crippen molar-refractivity contribution in [3.05, 3.63) is 70.2 Å². The number of aliphatic hydroxyl groups is 1. The van der Waals surface area contributed by atoms with E-state index >= 15 is 0 Å². The van der Waals surface area contributed by atoms with Gasteiger partial charge in [-0.25, -0.2) is 0 Å². The fourth-order valence-electron chi connectivity index (χ4n) is 2.86. The van der Waals surface area contributed by atoms with E-state index in [2.05, 4.69) is 23.0 Å². The van der Waals surface area contributed by atoms with Gasteiger partial charge in [0.15, 0.2) is 0 Å². The molecule has 1 atom stereocenters. The van der Waals surface area contributed by atoms with E-state index in [9.17, 15) is 5.11 Å². The number of hydrazine groups is 1. The molecule has 1 heterocycles. The fourth-order valence-corrected chi connectivity index (χ4v) is 2.98. The van der Waals surface area contributed by atoms with Gasteiger partial charge in [0.05, 0.1) is 0 Å². The van der Waals surface area contributed by atoms with Crippen molar-refractivity contribution in [2.24, 2.45) is 5.73 Å². The molecule has 4 nitrogen and oxygen atoms in total. The minimum atomic E-state index is -1.20. The van der Waals surface area contributed by atoms with Crippen LogP contribution in [0.5, 0.6) is 0 Å². The lowest BCUT2D eigenvalue weighted by molar-refractivity contribution is 0.0902. The van der Waals surface area contributed by atoms with Crippen molar-refractivity contribution in [2.45, 2.75) is 11.5 Å². The summed E-state index contributed by atoms with van der Waals surface area (Å²) in [6, 6.07) is 15.2. The zero-order valence-electron chi connectivity index (χ0n) is 12.2. The molecule has 1 aliphatic heterocycles. The van der Waals surface area contributed by atoms with Crippen LogP contribution in [0, 0.1) is 0 Å². The molecule has 0 aromatic heterocycles. The smallest absolute Gasteiger partial charge is 0.127 e. The van der Waals surface area contributed by atoms with Crippen LogP contribution in [-0.4, -0.2) is 24.7 Å². The van der Waals surface area contributed by atoms with Crippen LogP contribution in [-0.2, 0) is 5.60 Å². The second-order valence-electron chi connectivity index (χ2n) is 5.65. The summed E-state index contributed by atoms with van der Waals surface area (Å²) in [6.07, 6.45) is 0. The Bertz CT molecular complexity index is 623. The van der Waals surface area contributed by atoms with Gasteiger partial charge in [0, 0.05) is 30.6 Å². The Morgan fingerprint density at radius 3 is 2.00 bits per heavy atom. The highest BCUT2D eigenvalue weighted by Gasteiger charge is 2.30. The molecule has 0 aliphatic carbocycles. The first-order valence-corrected chi connectivity index (χ1v) is 7.76. The maximum Gasteiger partial charge on any atom is 0.127 e. The summed E-state index contributed by atoms with van der Waals surface area (Å²) in [5.41, 5.74) is 13.7. The van der Waals surface area contributed by atoms with Crippen LogP contribution in [0.4, 0.5) is 0 Å². The first-order valence-electron chi connectivity index (χ1n) is 7.38. The maximum atomic E-state index is 11.0. The Morgan fingerprint density at radius 2 is 1.50 bits per heavy atom. The quantitative estimate of drug-likeness (QED) is 0.693. The van der Waals surface area contributed by atoms with E-state index in [1.165, 1.54) is 5.56 Å². The molecule has 1 fully saturated rings. The van der Waals surface area contributed by atoms with Crippen molar-refractivity contribution >= 4 is 11.6 Å². The monoisotopic (exact) mass is 317 g/mol. The van der Waals surface area contributed by atoms with Crippen molar-refractivity contribution in [1.29, 1.82) is 0 Å². The number of hydrogen-bond acceptors (Lipinski definition) is 4. The molecule has 0 spiro atoms. The van der Waals surface area contributed by atoms with Gasteiger partial charge in [-0.05, 0) is 28.8 Å². The Hall–Kier alpha value is -1.43. The minimum Gasteiger partial charge on any atom is -0.379 e. The van der Waals surface area contributed by atoms with Gasteiger partial charge >= 0.3 is 0 Å². The van der Waals surface area contributed by atoms with Crippen LogP contribution in [0.3, 0.4) is 0 Å². The SMILES string of the molecule is NC[C@@](O)(c1ccc(Cl)cc1)c1ccc(C2CNNC2)cc1. The maximum absolute atomic E-state index is 11.0. The second-order valence-corrected chi connectivity index (χ2v) is 6.09. The van der Waals surface area contributed by atoms with E-state index in [1.54, 1.807) is 12.1 Å². The van der Waals surface area contributed by atoms with Gasteiger partial charge in [-0.15, -0.1) is 0 Å². The molecule has 1 saturated heterocycles. The summed E-state index contributed by atoms with van der Waals surface area (Å²) in [7, 11) is 0. The molecule has 0 bridgehead atoms. The van der Waals surface area contributed by atoms with E-state index in [1.807, 2.05) is 24.3 Å². The second kappa shape index (κ2) is 6.36. The highest BCUT2D eigenvalue weighted by molar-refractivity contribution is 6.30. The average Bonchev–Trinajstić information content (AvgIpc) is 3.09. The number of nitrogens with one attached hydrogen (secondary N) is 2. The average molecular weight is 318 g/mol. The van der Waals surface area contributed by atoms with Gasteiger partial charge in [0.1, 0.15) is 5.60 Å². The van der Waals surface area contributed by atoms with E-state index in [0.29, 0.717) is 10.9 Å². The molecule has 5 N–H and O–H groups in total. The molecule has 2 aromatic rings. The molecule has 2 aromatic carbocycles. The number of hydrogen-bond donors (Lipinski definition) is 4. The van der Waals surface area contributed by atoms with Gasteiger partial charge in [-0.1, -0.05) is 48.0 Å². The fraction of sp³-hybridized carbons (Fsp3) is 0.294. The molecular weight excluding hydrogens is 298 g/mol. The molecule has 0 amide bonds. The summed E-state index contributed by atoms with van der Waals surface area (Å²) in [6.45, 7) is 1.94. The third kappa shape index (κ3) is 2.89. The highest BCUT2D eigenvalue weighted by Crippen LogP contribution is 2.30. The van der Waals surface area contributed by atoms with E-state index in [-0.39, 0.29) is 6.54 Å². The van der Waals surface area contributed by atoms with Crippen molar-refractivity contribution in [2.75, 3.05) is 19.6 Å². The van der Waals surface area contributed by atoms with Gasteiger partial charge in [0.2, 0.25) is 0 Å². The third-order valence-electron chi connectivity index (χ3n) is 4.30. The van der Waals surface area contributed by atoms with Crippen LogP contribution in [0.25, 0.3) is 0 Å². The molecule has 3 rings (SSSR count). The Balaban J connectivity index is 1.90. The minimum absolute atomic E-state index is 0.112. The summed E-state index contributed by atoms with van der Waals surface area (Å²) in [5, 5.41) is 11.7. The normalized spacial score (nSPS) is 18.3. The topological polar surface area (TPSA) is 70.3 Å². The number of halogens is 1. The van der Waals surface area contributed by atoms with Crippen molar-refractivity contribution in [3.8, 4) is 0 Å². The standard InChI is InChI=1S/C17H20ClN3O/c18-16-7-5-15(6-8-16)17(22,11-19)14-3-1-12(2-4-14)13-9-20-21-10-13/h1-8,13,20-22H,9-11,19H2/t17-/m0/s1. The van der Waals surface area contributed by atoms with Gasteiger partial charge in [-0.2, -0.15) is 0 Å². The van der Waals surface area contributed by atoms with E-state index in [0.717, 1.165) is 24.2 Å². The van der Waals surface area contributed by atoms with Crippen LogP contribution < -0.4 is 16.6 Å². The summed E-state index contributed by atoms with van der Waals surface area (Å²) in [4.78, 5) is 0. The first-order chi connectivity index (χ1) is 10.6. The number of rotatable bonds is 4. The van der Waals surface area contributed by atoms with Gasteiger partial charge in [-0.3, -0.25) is 10.9 Å². The van der Waals surface area contributed by atoms with Crippen LogP contribution >= 0.6 is 11.6 Å². The molecular formula is C17H20ClN3O. The highest BCUT2D eigenvalue weighted by atomic mass is 35.5. The van der Waals surface area contributed by atoms with Crippen molar-refractivity contribution in [3.63, 3.8) is 0 Å². The van der Waals surface area contributed by atoms with E-state index in [4.69, 9.17) is 17.3 Å².